The van der Waals surface area contributed by atoms with E-state index in [1.54, 1.807) is 43.4 Å². The number of para-hydroxylation sites is 3. The number of hydrogen-bond acceptors (Lipinski definition) is 16. The fourth-order valence-corrected chi connectivity index (χ4v) is 8.62. The maximum absolute atomic E-state index is 4.40. The van der Waals surface area contributed by atoms with E-state index < -0.39 is 0 Å². The van der Waals surface area contributed by atoms with Crippen LogP contribution >= 0.6 is 0 Å². The van der Waals surface area contributed by atoms with Gasteiger partial charge in [-0.3, -0.25) is 29.9 Å². The van der Waals surface area contributed by atoms with Crippen LogP contribution in [-0.2, 0) is 0 Å². The fourth-order valence-electron chi connectivity index (χ4n) is 8.62. The van der Waals surface area contributed by atoms with Gasteiger partial charge in [-0.2, -0.15) is 0 Å². The highest BCUT2D eigenvalue weighted by Crippen LogP contribution is 2.20. The Labute approximate surface area is 493 Å². The number of pyridine rings is 4. The second-order valence-corrected chi connectivity index (χ2v) is 19.6. The average molecular weight is 1120 g/mol. The van der Waals surface area contributed by atoms with E-state index in [9.17, 15) is 0 Å². The van der Waals surface area contributed by atoms with Crippen LogP contribution in [0.3, 0.4) is 0 Å². The second kappa shape index (κ2) is 29.2. The van der Waals surface area contributed by atoms with Gasteiger partial charge < -0.3 is 4.40 Å². The molecule has 2 aliphatic heterocycles. The third-order valence-corrected chi connectivity index (χ3v) is 12.5. The predicted octanol–water partition coefficient (Wildman–Crippen LogP) is 13.4. The minimum absolute atomic E-state index is 0.213. The SMILES string of the molecule is CC1=NC2C=CC=CC2=C1.CC1=NC2C=CC=CC2=N1.Cc1cc2ccccn2c1.Cc1ccc2ncccc2n1.Cc1cnc2ccccc2n1.Cc1cnc2nccnc2n1.Cc1ncc2ccccc2n1.Cc1ncc2ncccc2n1. The number of aromatic nitrogens is 14. The van der Waals surface area contributed by atoms with E-state index in [1.807, 2.05) is 170 Å². The zero-order chi connectivity index (χ0) is 59.3. The minimum Gasteiger partial charge on any atom is -0.324 e. The topological polar surface area (TPSA) is 209 Å². The van der Waals surface area contributed by atoms with E-state index in [0.717, 1.165) is 90.0 Å². The van der Waals surface area contributed by atoms with E-state index in [0.29, 0.717) is 17.3 Å². The van der Waals surface area contributed by atoms with Crippen molar-refractivity contribution in [3.63, 3.8) is 0 Å². The largest absolute Gasteiger partial charge is 0.324 e. The molecule has 0 saturated heterocycles. The van der Waals surface area contributed by atoms with Gasteiger partial charge in [0.05, 0.1) is 68.6 Å². The van der Waals surface area contributed by atoms with Gasteiger partial charge in [0.25, 0.3) is 0 Å². The molecule has 0 spiro atoms. The van der Waals surface area contributed by atoms with Crippen molar-refractivity contribution in [2.24, 2.45) is 15.0 Å². The highest BCUT2D eigenvalue weighted by atomic mass is 15.0. The van der Waals surface area contributed by atoms with Crippen LogP contribution in [-0.4, -0.2) is 98.5 Å². The second-order valence-electron chi connectivity index (χ2n) is 19.6. The summed E-state index contributed by atoms with van der Waals surface area (Å²) < 4.78 is 2.12. The summed E-state index contributed by atoms with van der Waals surface area (Å²) in [5.74, 6) is 2.49. The lowest BCUT2D eigenvalue weighted by Gasteiger charge is -2.05. The molecule has 0 fully saturated rings. The first-order valence-electron chi connectivity index (χ1n) is 27.5. The van der Waals surface area contributed by atoms with Gasteiger partial charge in [0, 0.05) is 71.9 Å². The van der Waals surface area contributed by atoms with Crippen molar-refractivity contribution in [3.05, 3.63) is 266 Å². The van der Waals surface area contributed by atoms with Crippen LogP contribution in [0.25, 0.3) is 60.8 Å². The Morgan fingerprint density at radius 3 is 1.79 bits per heavy atom. The zero-order valence-corrected chi connectivity index (χ0v) is 48.6. The summed E-state index contributed by atoms with van der Waals surface area (Å²) in [5, 5.41) is 1.10. The van der Waals surface area contributed by atoms with Crippen molar-refractivity contribution in [1.82, 2.24) is 69.2 Å². The lowest BCUT2D eigenvalue weighted by molar-refractivity contribution is 0.997. The molecule has 0 N–H and O–H groups in total. The van der Waals surface area contributed by atoms with Gasteiger partial charge in [-0.15, -0.1) is 0 Å². The molecule has 0 radical (unpaired) electrons. The summed E-state index contributed by atoms with van der Waals surface area (Å²) in [4.78, 5) is 66.8. The van der Waals surface area contributed by atoms with E-state index >= 15 is 0 Å². The molecule has 420 valence electrons. The van der Waals surface area contributed by atoms with E-state index in [2.05, 4.69) is 152 Å². The predicted molar refractivity (Wildman–Crippen MR) is 343 cm³/mol. The molecule has 4 aliphatic rings. The van der Waals surface area contributed by atoms with Crippen molar-refractivity contribution < 1.29 is 0 Å². The van der Waals surface area contributed by atoms with Gasteiger partial charge in [-0.25, -0.2) is 49.8 Å². The molecule has 0 bridgehead atoms. The molecule has 17 nitrogen and oxygen atoms in total. The number of aliphatic imine (C=N–C) groups is 3. The van der Waals surface area contributed by atoms with Crippen molar-refractivity contribution in [2.45, 2.75) is 67.5 Å². The first-order valence-corrected chi connectivity index (χ1v) is 27.5. The number of aryl methyl sites for hydroxylation is 6. The van der Waals surface area contributed by atoms with Gasteiger partial charge in [0.15, 0.2) is 11.3 Å². The van der Waals surface area contributed by atoms with Gasteiger partial charge in [-0.1, -0.05) is 78.9 Å². The molecule has 2 atom stereocenters. The van der Waals surface area contributed by atoms with E-state index in [-0.39, 0.29) is 6.04 Å². The summed E-state index contributed by atoms with van der Waals surface area (Å²) in [7, 11) is 0. The van der Waals surface area contributed by atoms with E-state index in [1.165, 1.54) is 16.7 Å². The summed E-state index contributed by atoms with van der Waals surface area (Å²) in [6.45, 7) is 15.6. The molecule has 10 aromatic heterocycles. The Morgan fingerprint density at radius 2 is 1.02 bits per heavy atom. The minimum atomic E-state index is 0.213. The lowest BCUT2D eigenvalue weighted by atomic mass is 10.0. The maximum Gasteiger partial charge on any atom is 0.198 e. The molecule has 2 unspecified atom stereocenters. The first-order chi connectivity index (χ1) is 41.4. The van der Waals surface area contributed by atoms with Crippen molar-refractivity contribution >= 4 is 78.1 Å². The fraction of sp³-hybridized carbons (Fsp3) is 0.147. The molecule has 12 aromatic rings. The molecule has 0 amide bonds. The Hall–Kier alpha value is -10.9. The van der Waals surface area contributed by atoms with Crippen LogP contribution in [0.4, 0.5) is 0 Å². The number of rotatable bonds is 0. The van der Waals surface area contributed by atoms with Gasteiger partial charge in [-0.05, 0) is 151 Å². The quantitative estimate of drug-likeness (QED) is 0.139. The zero-order valence-electron chi connectivity index (χ0n) is 48.6. The number of allylic oxidation sites excluding steroid dienone is 5. The van der Waals surface area contributed by atoms with Crippen LogP contribution in [0.2, 0.25) is 0 Å². The normalized spacial score (nSPS) is 14.4. The lowest BCUT2D eigenvalue weighted by Crippen LogP contribution is -2.11. The van der Waals surface area contributed by atoms with Crippen LogP contribution in [0.15, 0.2) is 246 Å². The molecule has 2 aliphatic carbocycles. The Morgan fingerprint density at radius 1 is 0.412 bits per heavy atom. The molecule has 0 saturated carbocycles. The number of benzene rings is 2. The molecule has 85 heavy (non-hydrogen) atoms. The highest BCUT2D eigenvalue weighted by molar-refractivity contribution is 6.12. The Balaban J connectivity index is 0.000000116. The average Bonchev–Trinajstić information content (AvgIpc) is 4.29. The smallest absolute Gasteiger partial charge is 0.198 e. The summed E-state index contributed by atoms with van der Waals surface area (Å²) in [6.07, 6.45) is 36.4. The summed E-state index contributed by atoms with van der Waals surface area (Å²) >= 11 is 0. The highest BCUT2D eigenvalue weighted by Gasteiger charge is 2.17. The van der Waals surface area contributed by atoms with Crippen molar-refractivity contribution in [2.75, 3.05) is 0 Å². The number of hydrogen-bond donors (Lipinski definition) is 0. The molecular weight excluding hydrogens is 1050 g/mol. The standard InChI is InChI=1S/3C9H8N2.2C9H9N.C8H7N3.C8H8N2.C7H6N4/c1-7-4-5-8-9(11-7)3-2-6-10-8;1-7-10-6-8-4-2-3-5-9(8)11-7;1-7-6-10-8-4-2-3-5-9(8)11-7;1-8-6-9-4-2-3-5-10(9)7-8;1-7-6-8-4-2-3-5-9(8)10-7;1-6-10-5-8-7(11-6)3-2-4-9-8;1-6-9-7-4-2-3-5-8(7)10-6;1-5-4-10-6-7(11-5)9-3-2-8-6/h3*2-6H,1H3;2-7H,1H3;2-6,9H,1H3;2-5H,1H3;2-5,7H,1H3;2-4H,1H3. The molecule has 12 heterocycles. The Kier molecular flexibility index (Phi) is 20.1. The molecule has 16 rings (SSSR count). The van der Waals surface area contributed by atoms with Gasteiger partial charge in [0.2, 0.25) is 0 Å². The van der Waals surface area contributed by atoms with E-state index in [4.69, 9.17) is 0 Å². The summed E-state index contributed by atoms with van der Waals surface area (Å²) in [5.41, 5.74) is 16.8. The molecular formula is C68H63N17. The third-order valence-electron chi connectivity index (χ3n) is 12.5. The van der Waals surface area contributed by atoms with Crippen molar-refractivity contribution in [3.8, 4) is 0 Å². The summed E-state index contributed by atoms with van der Waals surface area (Å²) in [6, 6.07) is 36.3. The monoisotopic (exact) mass is 1120 g/mol. The van der Waals surface area contributed by atoms with Gasteiger partial charge in [0.1, 0.15) is 29.0 Å². The Bertz CT molecular complexity index is 3980. The van der Waals surface area contributed by atoms with Crippen LogP contribution in [0.1, 0.15) is 48.1 Å². The van der Waals surface area contributed by atoms with Gasteiger partial charge >= 0.3 is 0 Å². The maximum atomic E-state index is 4.40. The molecule has 2 aromatic carbocycles. The van der Waals surface area contributed by atoms with Crippen molar-refractivity contribution in [1.29, 1.82) is 0 Å². The number of amidine groups is 1. The first kappa shape index (κ1) is 58.7. The van der Waals surface area contributed by atoms with Crippen LogP contribution in [0, 0.1) is 41.5 Å². The van der Waals surface area contributed by atoms with Crippen LogP contribution in [0.5, 0.6) is 0 Å². The number of fused-ring (bicyclic) bond motifs is 8. The van der Waals surface area contributed by atoms with Crippen LogP contribution < -0.4 is 0 Å². The third kappa shape index (κ3) is 17.3. The molecule has 17 heteroatoms. The number of nitrogens with zero attached hydrogens (tertiary/aromatic N) is 17.